The maximum atomic E-state index is 10.4. The zero-order valence-corrected chi connectivity index (χ0v) is 8.22. The van der Waals surface area contributed by atoms with Crippen LogP contribution in [0.1, 0.15) is 6.92 Å². The monoisotopic (exact) mass is 228 g/mol. The zero-order valence-electron chi connectivity index (χ0n) is 7.40. The molecule has 1 saturated heterocycles. The summed E-state index contributed by atoms with van der Waals surface area (Å²) in [4.78, 5) is 0. The molecule has 0 saturated carbocycles. The van der Waals surface area contributed by atoms with Crippen molar-refractivity contribution in [2.45, 2.75) is 31.3 Å². The molecule has 3 N–H and O–H groups in total. The first-order chi connectivity index (χ1) is 6.31. The predicted octanol–water partition coefficient (Wildman–Crippen LogP) is -1.69. The van der Waals surface area contributed by atoms with Crippen molar-refractivity contribution in [3.8, 4) is 0 Å². The van der Waals surface area contributed by atoms with Gasteiger partial charge in [0.25, 0.3) is 0 Å². The molecule has 0 aromatic carbocycles. The molecule has 0 radical (unpaired) electrons. The molecule has 4 atom stereocenters. The van der Waals surface area contributed by atoms with E-state index in [2.05, 4.69) is 4.18 Å². The lowest BCUT2D eigenvalue weighted by atomic mass is 10.0. The van der Waals surface area contributed by atoms with Crippen LogP contribution in [-0.2, 0) is 19.3 Å². The lowest BCUT2D eigenvalue weighted by Crippen LogP contribution is -2.53. The Kier molecular flexibility index (Phi) is 3.45. The fourth-order valence-electron chi connectivity index (χ4n) is 1.22. The molecule has 84 valence electrons. The molecule has 0 amide bonds. The highest BCUT2D eigenvalue weighted by Gasteiger charge is 2.39. The van der Waals surface area contributed by atoms with E-state index in [1.807, 2.05) is 0 Å². The maximum absolute atomic E-state index is 10.4. The van der Waals surface area contributed by atoms with Crippen molar-refractivity contribution in [1.29, 1.82) is 0 Å². The van der Waals surface area contributed by atoms with E-state index in [0.29, 0.717) is 0 Å². The van der Waals surface area contributed by atoms with E-state index < -0.39 is 34.8 Å². The molecule has 0 bridgehead atoms. The van der Waals surface area contributed by atoms with Crippen molar-refractivity contribution in [3.63, 3.8) is 0 Å². The van der Waals surface area contributed by atoms with E-state index in [0.717, 1.165) is 0 Å². The molecule has 1 fully saturated rings. The van der Waals surface area contributed by atoms with Gasteiger partial charge in [0.05, 0.1) is 12.7 Å². The quantitative estimate of drug-likeness (QED) is 0.483. The Labute approximate surface area is 81.2 Å². The first-order valence-electron chi connectivity index (χ1n) is 3.94. The van der Waals surface area contributed by atoms with Gasteiger partial charge in [0, 0.05) is 0 Å². The third-order valence-corrected chi connectivity index (χ3v) is 2.42. The molecular formula is C6H12O7S. The Hall–Kier alpha value is -0.250. The van der Waals surface area contributed by atoms with Crippen LogP contribution in [-0.4, -0.2) is 54.2 Å². The summed E-state index contributed by atoms with van der Waals surface area (Å²) in [5.41, 5.74) is 0. The minimum atomic E-state index is -4.66. The molecule has 0 aromatic heterocycles. The van der Waals surface area contributed by atoms with E-state index in [1.54, 1.807) is 0 Å². The Morgan fingerprint density at radius 2 is 2.00 bits per heavy atom. The van der Waals surface area contributed by atoms with Gasteiger partial charge < -0.3 is 14.9 Å². The standard InChI is InChI=1S/C6H12O7S/c1-3-6(13-14(9,10)11)5(8)4(7)2-12-3/h3-8H,2H2,1H3,(H,9,10,11)/t3-,4+,5-,6+/m0/s1. The number of aliphatic hydroxyl groups is 2. The highest BCUT2D eigenvalue weighted by molar-refractivity contribution is 7.80. The van der Waals surface area contributed by atoms with Crippen LogP contribution in [0.5, 0.6) is 0 Å². The minimum Gasteiger partial charge on any atom is -0.388 e. The molecule has 7 nitrogen and oxygen atoms in total. The summed E-state index contributed by atoms with van der Waals surface area (Å²) in [5.74, 6) is 0. The lowest BCUT2D eigenvalue weighted by Gasteiger charge is -2.35. The third-order valence-electron chi connectivity index (χ3n) is 1.96. The largest absolute Gasteiger partial charge is 0.397 e. The van der Waals surface area contributed by atoms with E-state index in [-0.39, 0.29) is 6.61 Å². The van der Waals surface area contributed by atoms with Gasteiger partial charge in [-0.05, 0) is 6.92 Å². The molecule has 1 rings (SSSR count). The molecular weight excluding hydrogens is 216 g/mol. The number of hydrogen-bond acceptors (Lipinski definition) is 6. The van der Waals surface area contributed by atoms with E-state index in [4.69, 9.17) is 14.4 Å². The first-order valence-corrected chi connectivity index (χ1v) is 5.31. The van der Waals surface area contributed by atoms with Crippen LogP contribution in [0.4, 0.5) is 0 Å². The van der Waals surface area contributed by atoms with Gasteiger partial charge in [-0.1, -0.05) is 0 Å². The highest BCUT2D eigenvalue weighted by atomic mass is 32.3. The van der Waals surface area contributed by atoms with Crippen molar-refractivity contribution in [2.24, 2.45) is 0 Å². The highest BCUT2D eigenvalue weighted by Crippen LogP contribution is 2.19. The van der Waals surface area contributed by atoms with Crippen LogP contribution in [0, 0.1) is 0 Å². The van der Waals surface area contributed by atoms with Crippen molar-refractivity contribution in [3.05, 3.63) is 0 Å². The van der Waals surface area contributed by atoms with Crippen LogP contribution in [0.25, 0.3) is 0 Å². The van der Waals surface area contributed by atoms with Crippen molar-refractivity contribution >= 4 is 10.4 Å². The minimum absolute atomic E-state index is 0.104. The molecule has 0 spiro atoms. The topological polar surface area (TPSA) is 113 Å². The maximum Gasteiger partial charge on any atom is 0.397 e. The van der Waals surface area contributed by atoms with Gasteiger partial charge in [0.15, 0.2) is 0 Å². The lowest BCUT2D eigenvalue weighted by molar-refractivity contribution is -0.173. The van der Waals surface area contributed by atoms with Gasteiger partial charge in [-0.25, -0.2) is 4.18 Å². The van der Waals surface area contributed by atoms with Crippen molar-refractivity contribution < 1.29 is 32.1 Å². The third kappa shape index (κ3) is 2.87. The molecule has 1 heterocycles. The van der Waals surface area contributed by atoms with Crippen LogP contribution >= 0.6 is 0 Å². The summed E-state index contributed by atoms with van der Waals surface area (Å²) in [7, 11) is -4.66. The van der Waals surface area contributed by atoms with E-state index in [1.165, 1.54) is 6.92 Å². The van der Waals surface area contributed by atoms with Gasteiger partial charge >= 0.3 is 10.4 Å². The summed E-state index contributed by atoms with van der Waals surface area (Å²) in [6.45, 7) is 1.36. The average Bonchev–Trinajstić information content (AvgIpc) is 2.04. The predicted molar refractivity (Wildman–Crippen MR) is 43.8 cm³/mol. The number of aliphatic hydroxyl groups excluding tert-OH is 2. The molecule has 14 heavy (non-hydrogen) atoms. The summed E-state index contributed by atoms with van der Waals surface area (Å²) >= 11 is 0. The van der Waals surface area contributed by atoms with Crippen LogP contribution in [0.3, 0.4) is 0 Å². The van der Waals surface area contributed by atoms with Gasteiger partial charge in [-0.2, -0.15) is 8.42 Å². The molecule has 0 aromatic rings. The van der Waals surface area contributed by atoms with Gasteiger partial charge in [-0.15, -0.1) is 0 Å². The SMILES string of the molecule is C[C@@H]1OC[C@@H](O)[C@H](O)[C@@H]1OS(=O)(=O)O. The molecule has 1 aliphatic heterocycles. The Balaban J connectivity index is 2.73. The van der Waals surface area contributed by atoms with Crippen LogP contribution in [0.15, 0.2) is 0 Å². The van der Waals surface area contributed by atoms with Gasteiger partial charge in [0.2, 0.25) is 0 Å². The number of ether oxygens (including phenoxy) is 1. The first kappa shape index (κ1) is 11.8. The van der Waals surface area contributed by atoms with Crippen LogP contribution < -0.4 is 0 Å². The summed E-state index contributed by atoms with van der Waals surface area (Å²) < 4.78 is 38.2. The second-order valence-electron chi connectivity index (χ2n) is 3.08. The van der Waals surface area contributed by atoms with Crippen molar-refractivity contribution in [2.75, 3.05) is 6.61 Å². The van der Waals surface area contributed by atoms with E-state index >= 15 is 0 Å². The molecule has 0 aliphatic carbocycles. The second kappa shape index (κ2) is 4.09. The molecule has 0 unspecified atom stereocenters. The number of rotatable bonds is 2. The van der Waals surface area contributed by atoms with Gasteiger partial charge in [-0.3, -0.25) is 4.55 Å². The molecule has 1 aliphatic rings. The Bertz CT molecular complexity index is 287. The summed E-state index contributed by atoms with van der Waals surface area (Å²) in [5, 5.41) is 18.5. The fourth-order valence-corrected chi connectivity index (χ4v) is 1.77. The fraction of sp³-hybridized carbons (Fsp3) is 1.00. The Morgan fingerprint density at radius 3 is 2.50 bits per heavy atom. The zero-order chi connectivity index (χ0) is 10.9. The molecule has 8 heteroatoms. The number of hydrogen-bond donors (Lipinski definition) is 3. The normalized spacial score (nSPS) is 39.7. The smallest absolute Gasteiger partial charge is 0.388 e. The van der Waals surface area contributed by atoms with Crippen molar-refractivity contribution in [1.82, 2.24) is 0 Å². The second-order valence-corrected chi connectivity index (χ2v) is 4.13. The average molecular weight is 228 g/mol. The van der Waals surface area contributed by atoms with Crippen LogP contribution in [0.2, 0.25) is 0 Å². The Morgan fingerprint density at radius 1 is 1.43 bits per heavy atom. The van der Waals surface area contributed by atoms with Gasteiger partial charge in [0.1, 0.15) is 18.3 Å². The summed E-state index contributed by atoms with van der Waals surface area (Å²) in [6.07, 6.45) is -4.65. The summed E-state index contributed by atoms with van der Waals surface area (Å²) in [6, 6.07) is 0. The van der Waals surface area contributed by atoms with E-state index in [9.17, 15) is 13.5 Å².